The Morgan fingerprint density at radius 3 is 2.95 bits per heavy atom. The Balaban J connectivity index is 1.96. The lowest BCUT2D eigenvalue weighted by atomic mass is 10.3. The van der Waals surface area contributed by atoms with E-state index in [4.69, 9.17) is 11.6 Å². The van der Waals surface area contributed by atoms with Gasteiger partial charge < -0.3 is 5.32 Å². The minimum absolute atomic E-state index is 0.00158. The van der Waals surface area contributed by atoms with Gasteiger partial charge in [-0.1, -0.05) is 17.7 Å². The second kappa shape index (κ2) is 5.03. The van der Waals surface area contributed by atoms with E-state index in [0.29, 0.717) is 16.8 Å². The molecule has 0 spiro atoms. The molecule has 2 heterocycles. The zero-order valence-electron chi connectivity index (χ0n) is 9.91. The molecule has 0 saturated heterocycles. The maximum atomic E-state index is 10.7. The first-order valence-electron chi connectivity index (χ1n) is 5.56. The molecule has 20 heavy (non-hydrogen) atoms. The molecule has 0 amide bonds. The van der Waals surface area contributed by atoms with Crippen LogP contribution in [-0.2, 0) is 0 Å². The molecule has 2 aromatic heterocycles. The molecule has 0 bridgehead atoms. The summed E-state index contributed by atoms with van der Waals surface area (Å²) >= 11 is 7.51. The van der Waals surface area contributed by atoms with Crippen LogP contribution in [0.2, 0.25) is 5.15 Å². The van der Waals surface area contributed by atoms with E-state index in [-0.39, 0.29) is 5.69 Å². The zero-order valence-corrected chi connectivity index (χ0v) is 11.5. The highest BCUT2D eigenvalue weighted by molar-refractivity contribution is 7.16. The number of nitro benzene ring substituents is 1. The van der Waals surface area contributed by atoms with Crippen molar-refractivity contribution in [2.45, 2.75) is 0 Å². The first-order chi connectivity index (χ1) is 9.63. The average Bonchev–Trinajstić information content (AvgIpc) is 2.88. The number of hydrogen-bond donors (Lipinski definition) is 1. The van der Waals surface area contributed by atoms with Crippen molar-refractivity contribution in [3.05, 3.63) is 51.0 Å². The van der Waals surface area contributed by atoms with Crippen LogP contribution in [0.3, 0.4) is 0 Å². The van der Waals surface area contributed by atoms with Crippen LogP contribution in [0.15, 0.2) is 35.7 Å². The van der Waals surface area contributed by atoms with Crippen molar-refractivity contribution in [2.24, 2.45) is 0 Å². The summed E-state index contributed by atoms with van der Waals surface area (Å²) < 4.78 is 0. The summed E-state index contributed by atoms with van der Waals surface area (Å²) in [4.78, 5) is 19.5. The highest BCUT2D eigenvalue weighted by Crippen LogP contribution is 2.27. The second-order valence-corrected chi connectivity index (χ2v) is 5.16. The van der Waals surface area contributed by atoms with E-state index in [1.807, 2.05) is 11.4 Å². The highest BCUT2D eigenvalue weighted by atomic mass is 35.5. The van der Waals surface area contributed by atoms with Crippen molar-refractivity contribution < 1.29 is 4.92 Å². The molecule has 8 heteroatoms. The average molecular weight is 307 g/mol. The molecule has 0 aliphatic heterocycles. The van der Waals surface area contributed by atoms with Crippen LogP contribution in [0, 0.1) is 10.1 Å². The van der Waals surface area contributed by atoms with E-state index in [0.717, 1.165) is 10.2 Å². The Labute approximate surface area is 122 Å². The summed E-state index contributed by atoms with van der Waals surface area (Å²) in [6.45, 7) is 0. The molecule has 100 valence electrons. The first kappa shape index (κ1) is 12.8. The summed E-state index contributed by atoms with van der Waals surface area (Å²) in [6, 6.07) is 7.96. The molecule has 0 radical (unpaired) electrons. The van der Waals surface area contributed by atoms with E-state index in [2.05, 4.69) is 15.3 Å². The van der Waals surface area contributed by atoms with Gasteiger partial charge in [-0.05, 0) is 17.5 Å². The molecule has 0 unspecified atom stereocenters. The minimum Gasteiger partial charge on any atom is -0.324 e. The lowest BCUT2D eigenvalue weighted by Crippen LogP contribution is -1.98. The van der Waals surface area contributed by atoms with E-state index in [1.165, 1.54) is 23.5 Å². The van der Waals surface area contributed by atoms with Gasteiger partial charge in [-0.2, -0.15) is 0 Å². The van der Waals surface area contributed by atoms with Gasteiger partial charge in [0, 0.05) is 23.2 Å². The zero-order chi connectivity index (χ0) is 14.1. The smallest absolute Gasteiger partial charge is 0.271 e. The number of anilines is 2. The summed E-state index contributed by atoms with van der Waals surface area (Å²) in [7, 11) is 0. The summed E-state index contributed by atoms with van der Waals surface area (Å²) in [6.07, 6.45) is 0. The fourth-order valence-corrected chi connectivity index (χ4v) is 2.75. The molecule has 3 aromatic rings. The van der Waals surface area contributed by atoms with Crippen LogP contribution in [0.1, 0.15) is 0 Å². The SMILES string of the molecule is O=[N+]([O-])c1cccc(Nc2nc(Cl)c3ccsc3n2)c1. The molecular weight excluding hydrogens is 300 g/mol. The number of rotatable bonds is 3. The molecule has 0 aliphatic rings. The molecule has 1 aromatic carbocycles. The van der Waals surface area contributed by atoms with Gasteiger partial charge in [0.2, 0.25) is 5.95 Å². The van der Waals surface area contributed by atoms with Gasteiger partial charge in [0.05, 0.1) is 4.92 Å². The van der Waals surface area contributed by atoms with Gasteiger partial charge in [0.15, 0.2) is 0 Å². The molecule has 0 fully saturated rings. The second-order valence-electron chi connectivity index (χ2n) is 3.91. The third-order valence-corrected chi connectivity index (χ3v) is 3.69. The van der Waals surface area contributed by atoms with Crippen LogP contribution >= 0.6 is 22.9 Å². The van der Waals surface area contributed by atoms with E-state index < -0.39 is 4.92 Å². The number of nitrogens with one attached hydrogen (secondary N) is 1. The van der Waals surface area contributed by atoms with Crippen molar-refractivity contribution >= 4 is 50.5 Å². The quantitative estimate of drug-likeness (QED) is 0.449. The molecular formula is C12H7ClN4O2S. The maximum absolute atomic E-state index is 10.7. The summed E-state index contributed by atoms with van der Waals surface area (Å²) in [5.74, 6) is 0.311. The minimum atomic E-state index is -0.457. The fourth-order valence-electron chi connectivity index (χ4n) is 1.70. The van der Waals surface area contributed by atoms with Gasteiger partial charge in [-0.15, -0.1) is 11.3 Å². The third-order valence-electron chi connectivity index (χ3n) is 2.59. The molecule has 0 aliphatic carbocycles. The maximum Gasteiger partial charge on any atom is 0.271 e. The Morgan fingerprint density at radius 2 is 2.15 bits per heavy atom. The van der Waals surface area contributed by atoms with Crippen LogP contribution in [0.25, 0.3) is 10.2 Å². The monoisotopic (exact) mass is 306 g/mol. The molecule has 0 atom stereocenters. The van der Waals surface area contributed by atoms with Crippen LogP contribution in [0.4, 0.5) is 17.3 Å². The topological polar surface area (TPSA) is 81.0 Å². The van der Waals surface area contributed by atoms with Crippen molar-refractivity contribution in [1.82, 2.24) is 9.97 Å². The van der Waals surface area contributed by atoms with Crippen LogP contribution in [-0.4, -0.2) is 14.9 Å². The number of non-ortho nitro benzene ring substituents is 1. The Bertz CT molecular complexity index is 805. The van der Waals surface area contributed by atoms with Crippen LogP contribution < -0.4 is 5.32 Å². The molecule has 0 saturated carbocycles. The van der Waals surface area contributed by atoms with E-state index in [9.17, 15) is 10.1 Å². The number of halogens is 1. The number of hydrogen-bond acceptors (Lipinski definition) is 6. The Morgan fingerprint density at radius 1 is 1.30 bits per heavy atom. The van der Waals surface area contributed by atoms with Crippen LogP contribution in [0.5, 0.6) is 0 Å². The van der Waals surface area contributed by atoms with Crippen molar-refractivity contribution in [3.8, 4) is 0 Å². The van der Waals surface area contributed by atoms with E-state index in [1.54, 1.807) is 12.1 Å². The van der Waals surface area contributed by atoms with Gasteiger partial charge >= 0.3 is 0 Å². The largest absolute Gasteiger partial charge is 0.324 e. The fraction of sp³-hybridized carbons (Fsp3) is 0. The summed E-state index contributed by atoms with van der Waals surface area (Å²) in [5, 5.41) is 16.7. The lowest BCUT2D eigenvalue weighted by Gasteiger charge is -2.05. The standard InChI is InChI=1S/C12H7ClN4O2S/c13-10-9-4-5-20-11(9)16-12(15-10)14-7-2-1-3-8(6-7)17(18)19/h1-6H,(H,14,15,16). The lowest BCUT2D eigenvalue weighted by molar-refractivity contribution is -0.384. The number of fused-ring (bicyclic) bond motifs is 1. The Kier molecular flexibility index (Phi) is 3.21. The van der Waals surface area contributed by atoms with Gasteiger partial charge in [0.1, 0.15) is 9.98 Å². The normalized spacial score (nSPS) is 10.7. The van der Waals surface area contributed by atoms with E-state index >= 15 is 0 Å². The number of thiophene rings is 1. The predicted molar refractivity (Wildman–Crippen MR) is 78.8 cm³/mol. The molecule has 1 N–H and O–H groups in total. The molecule has 6 nitrogen and oxygen atoms in total. The van der Waals surface area contributed by atoms with Gasteiger partial charge in [0.25, 0.3) is 5.69 Å². The van der Waals surface area contributed by atoms with Gasteiger partial charge in [-0.3, -0.25) is 10.1 Å². The van der Waals surface area contributed by atoms with Gasteiger partial charge in [-0.25, -0.2) is 9.97 Å². The first-order valence-corrected chi connectivity index (χ1v) is 6.81. The molecule has 3 rings (SSSR count). The number of nitrogens with zero attached hydrogens (tertiary/aromatic N) is 3. The highest BCUT2D eigenvalue weighted by Gasteiger charge is 2.09. The Hall–Kier alpha value is -2.25. The third kappa shape index (κ3) is 2.40. The number of aromatic nitrogens is 2. The predicted octanol–water partition coefficient (Wildman–Crippen LogP) is 4.00. The number of nitro groups is 1. The van der Waals surface area contributed by atoms with Crippen molar-refractivity contribution in [3.63, 3.8) is 0 Å². The summed E-state index contributed by atoms with van der Waals surface area (Å²) in [5.41, 5.74) is 0.532. The van der Waals surface area contributed by atoms with Crippen molar-refractivity contribution in [2.75, 3.05) is 5.32 Å². The number of benzene rings is 1. The van der Waals surface area contributed by atoms with Crippen molar-refractivity contribution in [1.29, 1.82) is 0 Å².